The highest BCUT2D eigenvalue weighted by molar-refractivity contribution is 5.82. The van der Waals surface area contributed by atoms with E-state index in [-0.39, 0.29) is 0 Å². The second kappa shape index (κ2) is 5.46. The molecule has 2 aromatic rings. The highest BCUT2D eigenvalue weighted by Gasteiger charge is 2.15. The normalized spacial score (nSPS) is 12.8. The topological polar surface area (TPSA) is 0 Å². The molecule has 0 bridgehead atoms. The SMILES string of the molecule is C=C(C)c1cc(C(=C)C)cc(-c2cccc3c2CC(C)=C3)c1. The van der Waals surface area contributed by atoms with Crippen LogP contribution in [0.15, 0.2) is 55.1 Å². The minimum Gasteiger partial charge on any atom is -0.0955 e. The predicted octanol–water partition coefficient (Wildman–Crippen LogP) is 6.38. The van der Waals surface area contributed by atoms with E-state index in [2.05, 4.69) is 76.4 Å². The summed E-state index contributed by atoms with van der Waals surface area (Å²) in [4.78, 5) is 0. The lowest BCUT2D eigenvalue weighted by Gasteiger charge is -2.13. The van der Waals surface area contributed by atoms with E-state index in [0.29, 0.717) is 0 Å². The van der Waals surface area contributed by atoms with Crippen LogP contribution in [0.5, 0.6) is 0 Å². The Labute approximate surface area is 133 Å². The first-order valence-electron chi connectivity index (χ1n) is 7.72. The van der Waals surface area contributed by atoms with Crippen molar-refractivity contribution in [2.24, 2.45) is 0 Å². The van der Waals surface area contributed by atoms with Crippen molar-refractivity contribution in [1.29, 1.82) is 0 Å². The van der Waals surface area contributed by atoms with Gasteiger partial charge in [0.25, 0.3) is 0 Å². The summed E-state index contributed by atoms with van der Waals surface area (Å²) in [5.41, 5.74) is 11.4. The van der Waals surface area contributed by atoms with Gasteiger partial charge in [0.1, 0.15) is 0 Å². The summed E-state index contributed by atoms with van der Waals surface area (Å²) in [7, 11) is 0. The number of allylic oxidation sites excluding steroid dienone is 3. The van der Waals surface area contributed by atoms with Crippen molar-refractivity contribution in [2.75, 3.05) is 0 Å². The second-order valence-corrected chi connectivity index (χ2v) is 6.40. The maximum absolute atomic E-state index is 4.11. The van der Waals surface area contributed by atoms with Crippen LogP contribution in [0.2, 0.25) is 0 Å². The lowest BCUT2D eigenvalue weighted by Crippen LogP contribution is -1.92. The van der Waals surface area contributed by atoms with Gasteiger partial charge in [-0.25, -0.2) is 0 Å². The molecule has 0 N–H and O–H groups in total. The van der Waals surface area contributed by atoms with Gasteiger partial charge in [-0.15, -0.1) is 0 Å². The zero-order valence-corrected chi connectivity index (χ0v) is 13.7. The molecule has 0 spiro atoms. The summed E-state index contributed by atoms with van der Waals surface area (Å²) < 4.78 is 0. The first-order chi connectivity index (χ1) is 10.5. The van der Waals surface area contributed by atoms with Gasteiger partial charge in [-0.05, 0) is 78.8 Å². The van der Waals surface area contributed by atoms with Crippen LogP contribution in [0, 0.1) is 0 Å². The van der Waals surface area contributed by atoms with Crippen molar-refractivity contribution in [1.82, 2.24) is 0 Å². The number of hydrogen-bond acceptors (Lipinski definition) is 0. The van der Waals surface area contributed by atoms with E-state index in [1.54, 1.807) is 0 Å². The molecule has 0 aromatic heterocycles. The van der Waals surface area contributed by atoms with Gasteiger partial charge in [-0.2, -0.15) is 0 Å². The number of hydrogen-bond donors (Lipinski definition) is 0. The summed E-state index contributed by atoms with van der Waals surface area (Å²) in [6, 6.07) is 13.3. The van der Waals surface area contributed by atoms with Gasteiger partial charge in [-0.3, -0.25) is 0 Å². The van der Waals surface area contributed by atoms with Crippen LogP contribution < -0.4 is 0 Å². The van der Waals surface area contributed by atoms with Crippen LogP contribution >= 0.6 is 0 Å². The molecule has 0 radical (unpaired) electrons. The first kappa shape index (κ1) is 14.6. The largest absolute Gasteiger partial charge is 0.0955 e. The number of rotatable bonds is 3. The second-order valence-electron chi connectivity index (χ2n) is 6.40. The molecule has 0 saturated heterocycles. The molecule has 3 rings (SSSR count). The Bertz CT molecular complexity index is 784. The molecule has 0 amide bonds. The summed E-state index contributed by atoms with van der Waals surface area (Å²) in [5, 5.41) is 0. The smallest absolute Gasteiger partial charge is 0.00544 e. The Balaban J connectivity index is 2.20. The average Bonchev–Trinajstić information content (AvgIpc) is 2.86. The summed E-state index contributed by atoms with van der Waals surface area (Å²) in [5.74, 6) is 0. The van der Waals surface area contributed by atoms with Gasteiger partial charge in [0.05, 0.1) is 0 Å². The van der Waals surface area contributed by atoms with Crippen LogP contribution in [0.1, 0.15) is 43.0 Å². The monoisotopic (exact) mass is 286 g/mol. The first-order valence-corrected chi connectivity index (χ1v) is 7.72. The summed E-state index contributed by atoms with van der Waals surface area (Å²) in [6.07, 6.45) is 3.34. The highest BCUT2D eigenvalue weighted by Crippen LogP contribution is 2.36. The van der Waals surface area contributed by atoms with E-state index in [1.165, 1.54) is 39.0 Å². The molecule has 22 heavy (non-hydrogen) atoms. The van der Waals surface area contributed by atoms with Crippen molar-refractivity contribution in [3.05, 3.63) is 77.4 Å². The van der Waals surface area contributed by atoms with Gasteiger partial charge in [0, 0.05) is 0 Å². The maximum atomic E-state index is 4.11. The molecule has 0 heteroatoms. The third-order valence-corrected chi connectivity index (χ3v) is 4.30. The molecule has 1 aliphatic carbocycles. The fraction of sp³-hybridized carbons (Fsp3) is 0.182. The van der Waals surface area contributed by atoms with Crippen molar-refractivity contribution >= 4 is 17.2 Å². The predicted molar refractivity (Wildman–Crippen MR) is 98.6 cm³/mol. The Morgan fingerprint density at radius 1 is 0.955 bits per heavy atom. The van der Waals surface area contributed by atoms with E-state index in [9.17, 15) is 0 Å². The van der Waals surface area contributed by atoms with E-state index in [1.807, 2.05) is 0 Å². The Morgan fingerprint density at radius 2 is 1.59 bits per heavy atom. The van der Waals surface area contributed by atoms with Crippen LogP contribution in [0.3, 0.4) is 0 Å². The highest BCUT2D eigenvalue weighted by atomic mass is 14.2. The molecular weight excluding hydrogens is 264 g/mol. The molecule has 0 nitrogen and oxygen atoms in total. The third-order valence-electron chi connectivity index (χ3n) is 4.30. The Kier molecular flexibility index (Phi) is 3.62. The van der Waals surface area contributed by atoms with E-state index in [4.69, 9.17) is 0 Å². The quantitative estimate of drug-likeness (QED) is 0.614. The third kappa shape index (κ3) is 2.57. The lowest BCUT2D eigenvalue weighted by molar-refractivity contribution is 1.20. The van der Waals surface area contributed by atoms with Crippen LogP contribution in [0.4, 0.5) is 0 Å². The molecule has 110 valence electrons. The standard InChI is InChI=1S/C22H22/c1-14(2)18-11-19(15(3)4)13-20(12-18)21-8-6-7-17-9-16(5)10-22(17)21/h6-9,11-13H,1,3,10H2,2,4-5H3. The zero-order valence-electron chi connectivity index (χ0n) is 13.7. The van der Waals surface area contributed by atoms with E-state index < -0.39 is 0 Å². The minimum atomic E-state index is 1.05. The average molecular weight is 286 g/mol. The minimum absolute atomic E-state index is 1.05. The number of benzene rings is 2. The van der Waals surface area contributed by atoms with Crippen molar-refractivity contribution in [3.63, 3.8) is 0 Å². The molecule has 0 aliphatic heterocycles. The maximum Gasteiger partial charge on any atom is -0.00544 e. The van der Waals surface area contributed by atoms with Gasteiger partial charge in [-0.1, -0.05) is 54.2 Å². The molecule has 0 atom stereocenters. The van der Waals surface area contributed by atoms with Crippen LogP contribution in [-0.2, 0) is 6.42 Å². The van der Waals surface area contributed by atoms with E-state index >= 15 is 0 Å². The molecular formula is C22H22. The van der Waals surface area contributed by atoms with Gasteiger partial charge in [0.2, 0.25) is 0 Å². The van der Waals surface area contributed by atoms with Crippen LogP contribution in [0.25, 0.3) is 28.3 Å². The Morgan fingerprint density at radius 3 is 2.18 bits per heavy atom. The summed E-state index contributed by atoms with van der Waals surface area (Å²) >= 11 is 0. The fourth-order valence-electron chi connectivity index (χ4n) is 3.08. The molecule has 2 aromatic carbocycles. The summed E-state index contributed by atoms with van der Waals surface area (Å²) in [6.45, 7) is 14.5. The molecule has 0 fully saturated rings. The van der Waals surface area contributed by atoms with Gasteiger partial charge < -0.3 is 0 Å². The fourth-order valence-corrected chi connectivity index (χ4v) is 3.08. The number of fused-ring (bicyclic) bond motifs is 1. The zero-order chi connectivity index (χ0) is 15.9. The van der Waals surface area contributed by atoms with Crippen molar-refractivity contribution in [3.8, 4) is 11.1 Å². The molecule has 0 saturated carbocycles. The van der Waals surface area contributed by atoms with Gasteiger partial charge >= 0.3 is 0 Å². The molecule has 1 aliphatic rings. The van der Waals surface area contributed by atoms with Crippen molar-refractivity contribution < 1.29 is 0 Å². The molecule has 0 unspecified atom stereocenters. The lowest BCUT2D eigenvalue weighted by atomic mass is 9.91. The van der Waals surface area contributed by atoms with Crippen LogP contribution in [-0.4, -0.2) is 0 Å². The van der Waals surface area contributed by atoms with E-state index in [0.717, 1.165) is 17.6 Å². The van der Waals surface area contributed by atoms with Crippen molar-refractivity contribution in [2.45, 2.75) is 27.2 Å². The Hall–Kier alpha value is -2.34. The van der Waals surface area contributed by atoms with Gasteiger partial charge in [0.15, 0.2) is 0 Å². The molecule has 0 heterocycles.